The first-order valence-electron chi connectivity index (χ1n) is 9.80. The first-order chi connectivity index (χ1) is 16.1. The molecule has 0 aliphatic rings. The summed E-state index contributed by atoms with van der Waals surface area (Å²) < 4.78 is 37.1. The number of imidazole rings is 1. The molecule has 10 nitrogen and oxygen atoms in total. The summed E-state index contributed by atoms with van der Waals surface area (Å²) in [5.41, 5.74) is 1.17. The second-order valence-electron chi connectivity index (χ2n) is 6.88. The molecule has 3 aromatic heterocycles. The third-order valence-electron chi connectivity index (χ3n) is 4.64. The van der Waals surface area contributed by atoms with Gasteiger partial charge >= 0.3 is 0 Å². The van der Waals surface area contributed by atoms with Crippen LogP contribution < -0.4 is 9.46 Å². The summed E-state index contributed by atoms with van der Waals surface area (Å²) in [6, 6.07) is 18.2. The lowest BCUT2D eigenvalue weighted by atomic mass is 10.3. The van der Waals surface area contributed by atoms with Gasteiger partial charge in [-0.25, -0.2) is 18.1 Å². The van der Waals surface area contributed by atoms with Crippen molar-refractivity contribution in [2.24, 2.45) is 0 Å². The highest BCUT2D eigenvalue weighted by molar-refractivity contribution is 7.92. The summed E-state index contributed by atoms with van der Waals surface area (Å²) >= 11 is 0. The van der Waals surface area contributed by atoms with Gasteiger partial charge in [0.25, 0.3) is 10.0 Å². The predicted molar refractivity (Wildman–Crippen MR) is 120 cm³/mol. The number of sulfonamides is 1. The monoisotopic (exact) mass is 459 g/mol. The molecule has 5 rings (SSSR count). The minimum Gasteiger partial charge on any atom is -0.438 e. The molecule has 0 aliphatic carbocycles. The van der Waals surface area contributed by atoms with Crippen LogP contribution in [-0.4, -0.2) is 37.9 Å². The van der Waals surface area contributed by atoms with Gasteiger partial charge < -0.3 is 4.74 Å². The molecule has 0 amide bonds. The number of ether oxygens (including phenoxy) is 1. The van der Waals surface area contributed by atoms with Crippen LogP contribution in [0.3, 0.4) is 0 Å². The Morgan fingerprint density at radius 3 is 2.30 bits per heavy atom. The average molecular weight is 459 g/mol. The van der Waals surface area contributed by atoms with E-state index in [1.165, 1.54) is 12.1 Å². The first-order valence-corrected chi connectivity index (χ1v) is 11.3. The molecule has 0 radical (unpaired) electrons. The Labute approximate surface area is 189 Å². The molecule has 11 heteroatoms. The van der Waals surface area contributed by atoms with Crippen molar-refractivity contribution in [2.75, 3.05) is 4.72 Å². The van der Waals surface area contributed by atoms with E-state index < -0.39 is 10.0 Å². The van der Waals surface area contributed by atoms with E-state index in [1.807, 2.05) is 0 Å². The lowest BCUT2D eigenvalue weighted by Gasteiger charge is -2.10. The van der Waals surface area contributed by atoms with Crippen molar-refractivity contribution >= 4 is 15.7 Å². The van der Waals surface area contributed by atoms with Crippen molar-refractivity contribution < 1.29 is 13.2 Å². The van der Waals surface area contributed by atoms with E-state index in [0.29, 0.717) is 23.1 Å². The van der Waals surface area contributed by atoms with Crippen LogP contribution >= 0.6 is 0 Å². The highest BCUT2D eigenvalue weighted by Gasteiger charge is 2.14. The van der Waals surface area contributed by atoms with E-state index in [-0.39, 0.29) is 4.90 Å². The molecular weight excluding hydrogens is 442 g/mol. The maximum atomic E-state index is 12.7. The van der Waals surface area contributed by atoms with Crippen molar-refractivity contribution in [1.29, 1.82) is 0 Å². The summed E-state index contributed by atoms with van der Waals surface area (Å²) in [5.74, 6) is 1.41. The molecule has 5 aromatic rings. The van der Waals surface area contributed by atoms with Crippen LogP contribution in [0.1, 0.15) is 0 Å². The number of nitrogens with zero attached hydrogens (tertiary/aromatic N) is 6. The second kappa shape index (κ2) is 8.55. The fraction of sp³-hybridized carbons (Fsp3) is 0. The molecular formula is C22H17N7O3S. The molecule has 0 aliphatic heterocycles. The lowest BCUT2D eigenvalue weighted by Crippen LogP contribution is -2.13. The minimum atomic E-state index is -3.75. The standard InChI is InChI=1S/C22H17N7O3S/c30-33(31,20-8-4-18(5-9-20)29-14-1-12-24-29)27-17-2-6-19(7-3-17)32-22-11-10-21(25-26-22)28-15-13-23-16-28/h1-16,27H. The number of aromatic nitrogens is 6. The van der Waals surface area contributed by atoms with Gasteiger partial charge in [0, 0.05) is 36.5 Å². The highest BCUT2D eigenvalue weighted by Crippen LogP contribution is 2.23. The van der Waals surface area contributed by atoms with Crippen molar-refractivity contribution in [3.05, 3.63) is 97.8 Å². The van der Waals surface area contributed by atoms with E-state index >= 15 is 0 Å². The molecule has 0 fully saturated rings. The number of rotatable bonds is 7. The van der Waals surface area contributed by atoms with Gasteiger partial charge in [0.1, 0.15) is 12.1 Å². The molecule has 33 heavy (non-hydrogen) atoms. The lowest BCUT2D eigenvalue weighted by molar-refractivity contribution is 0.454. The molecule has 0 saturated carbocycles. The Bertz CT molecular complexity index is 1430. The summed E-state index contributed by atoms with van der Waals surface area (Å²) in [4.78, 5) is 4.11. The van der Waals surface area contributed by atoms with Crippen molar-refractivity contribution in [2.45, 2.75) is 4.90 Å². The fourth-order valence-electron chi connectivity index (χ4n) is 3.03. The number of hydrogen-bond acceptors (Lipinski definition) is 7. The fourth-order valence-corrected chi connectivity index (χ4v) is 4.08. The van der Waals surface area contributed by atoms with E-state index in [4.69, 9.17) is 4.74 Å². The Balaban J connectivity index is 1.24. The molecule has 0 saturated heterocycles. The van der Waals surface area contributed by atoms with E-state index in [9.17, 15) is 8.42 Å². The molecule has 0 spiro atoms. The largest absolute Gasteiger partial charge is 0.438 e. The Kier molecular flexibility index (Phi) is 5.29. The predicted octanol–water partition coefficient (Wildman–Crippen LogP) is 3.44. The topological polar surface area (TPSA) is 117 Å². The van der Waals surface area contributed by atoms with E-state index in [2.05, 4.69) is 25.0 Å². The van der Waals surface area contributed by atoms with Crippen LogP contribution in [0.4, 0.5) is 5.69 Å². The number of benzene rings is 2. The Morgan fingerprint density at radius 2 is 1.67 bits per heavy atom. The molecule has 164 valence electrons. The van der Waals surface area contributed by atoms with E-state index in [0.717, 1.165) is 5.69 Å². The number of hydrogen-bond donors (Lipinski definition) is 1. The second-order valence-corrected chi connectivity index (χ2v) is 8.56. The van der Waals surface area contributed by atoms with Crippen LogP contribution in [0.25, 0.3) is 11.5 Å². The smallest absolute Gasteiger partial charge is 0.261 e. The summed E-state index contributed by atoms with van der Waals surface area (Å²) in [7, 11) is -3.75. The SMILES string of the molecule is O=S(=O)(Nc1ccc(Oc2ccc(-n3ccnc3)nn2)cc1)c1ccc(-n2cccn2)cc1. The van der Waals surface area contributed by atoms with Gasteiger partial charge in [-0.1, -0.05) is 0 Å². The van der Waals surface area contributed by atoms with Gasteiger partial charge in [-0.2, -0.15) is 5.10 Å². The van der Waals surface area contributed by atoms with Gasteiger partial charge in [-0.15, -0.1) is 10.2 Å². The normalized spacial score (nSPS) is 11.3. The molecule has 1 N–H and O–H groups in total. The zero-order chi connectivity index (χ0) is 22.7. The van der Waals surface area contributed by atoms with Crippen molar-refractivity contribution in [3.8, 4) is 23.1 Å². The van der Waals surface area contributed by atoms with Crippen molar-refractivity contribution in [1.82, 2.24) is 29.5 Å². The van der Waals surface area contributed by atoms with Gasteiger partial charge in [0.15, 0.2) is 5.82 Å². The molecule has 0 unspecified atom stereocenters. The minimum absolute atomic E-state index is 0.145. The zero-order valence-electron chi connectivity index (χ0n) is 17.1. The highest BCUT2D eigenvalue weighted by atomic mass is 32.2. The maximum absolute atomic E-state index is 12.7. The van der Waals surface area contributed by atoms with Crippen LogP contribution in [0, 0.1) is 0 Å². The number of anilines is 1. The Morgan fingerprint density at radius 1 is 0.848 bits per heavy atom. The van der Waals surface area contributed by atoms with E-state index in [1.54, 1.807) is 95.0 Å². The zero-order valence-corrected chi connectivity index (χ0v) is 17.9. The third-order valence-corrected chi connectivity index (χ3v) is 6.04. The summed E-state index contributed by atoms with van der Waals surface area (Å²) in [6.45, 7) is 0. The molecule has 0 atom stereocenters. The van der Waals surface area contributed by atoms with Crippen LogP contribution in [0.5, 0.6) is 11.6 Å². The number of nitrogens with one attached hydrogen (secondary N) is 1. The molecule has 3 heterocycles. The van der Waals surface area contributed by atoms with Crippen LogP contribution in [-0.2, 0) is 10.0 Å². The van der Waals surface area contributed by atoms with Gasteiger partial charge in [-0.05, 0) is 60.7 Å². The quantitative estimate of drug-likeness (QED) is 0.396. The average Bonchev–Trinajstić information content (AvgIpc) is 3.56. The Hall–Kier alpha value is -4.51. The van der Waals surface area contributed by atoms with Gasteiger partial charge in [0.2, 0.25) is 5.88 Å². The van der Waals surface area contributed by atoms with Gasteiger partial charge in [-0.3, -0.25) is 9.29 Å². The van der Waals surface area contributed by atoms with Crippen molar-refractivity contribution in [3.63, 3.8) is 0 Å². The maximum Gasteiger partial charge on any atom is 0.261 e. The summed E-state index contributed by atoms with van der Waals surface area (Å²) in [5, 5.41) is 12.3. The third kappa shape index (κ3) is 4.57. The first kappa shape index (κ1) is 20.4. The molecule has 2 aromatic carbocycles. The van der Waals surface area contributed by atoms with Crippen LogP contribution in [0.15, 0.2) is 103 Å². The summed E-state index contributed by atoms with van der Waals surface area (Å²) in [6.07, 6.45) is 8.47. The van der Waals surface area contributed by atoms with Gasteiger partial charge in [0.05, 0.1) is 10.6 Å². The van der Waals surface area contributed by atoms with Crippen LogP contribution in [0.2, 0.25) is 0 Å². The molecule has 0 bridgehead atoms.